The molecule has 0 aliphatic heterocycles. The molecule has 0 fully saturated rings. The molecular formula is C16H19N3O4S. The zero-order valence-corrected chi connectivity index (χ0v) is 14.0. The summed E-state index contributed by atoms with van der Waals surface area (Å²) < 4.78 is 0. The van der Waals surface area contributed by atoms with E-state index >= 15 is 0 Å². The van der Waals surface area contributed by atoms with Gasteiger partial charge in [-0.15, -0.1) is 0 Å². The number of para-hydroxylation sites is 2. The second kappa shape index (κ2) is 7.89. The minimum atomic E-state index is -1.12. The summed E-state index contributed by atoms with van der Waals surface area (Å²) in [6.45, 7) is 2.01. The molecule has 2 rings (SSSR count). The minimum Gasteiger partial charge on any atom is -0.384 e. The number of carbonyl (C=O) groups is 1. The number of hydrogen-bond acceptors (Lipinski definition) is 6. The van der Waals surface area contributed by atoms with E-state index in [1.54, 1.807) is 25.1 Å². The molecule has 1 aromatic heterocycles. The molecule has 1 aromatic carbocycles. The zero-order chi connectivity index (χ0) is 17.6. The van der Waals surface area contributed by atoms with Crippen LogP contribution in [0.5, 0.6) is 0 Å². The van der Waals surface area contributed by atoms with Crippen LogP contribution < -0.4 is 10.6 Å². The number of nitrogens with one attached hydrogen (secondary N) is 2. The van der Waals surface area contributed by atoms with Crippen molar-refractivity contribution in [1.29, 1.82) is 0 Å². The molecule has 128 valence electrons. The number of carbonyl (C=O) groups excluding carboxylic acids is 1. The fraction of sp³-hybridized carbons (Fsp3) is 0.312. The maximum atomic E-state index is 11.9. The van der Waals surface area contributed by atoms with Gasteiger partial charge in [-0.05, 0) is 35.4 Å². The summed E-state index contributed by atoms with van der Waals surface area (Å²) in [6, 6.07) is 8.08. The highest BCUT2D eigenvalue weighted by Crippen LogP contribution is 2.23. The summed E-state index contributed by atoms with van der Waals surface area (Å²) >= 11 is 1.48. The van der Waals surface area contributed by atoms with Crippen molar-refractivity contribution in [1.82, 2.24) is 5.32 Å². The van der Waals surface area contributed by atoms with Gasteiger partial charge in [-0.25, -0.2) is 0 Å². The Balaban J connectivity index is 1.79. The van der Waals surface area contributed by atoms with Crippen LogP contribution in [-0.4, -0.2) is 29.0 Å². The van der Waals surface area contributed by atoms with Gasteiger partial charge in [-0.1, -0.05) is 12.1 Å². The number of thiophene rings is 1. The van der Waals surface area contributed by atoms with Gasteiger partial charge in [-0.3, -0.25) is 14.9 Å². The molecule has 0 radical (unpaired) electrons. The predicted octanol–water partition coefficient (Wildman–Crippen LogP) is 2.48. The molecule has 0 aliphatic carbocycles. The Morgan fingerprint density at radius 1 is 1.38 bits per heavy atom. The predicted molar refractivity (Wildman–Crippen MR) is 93.1 cm³/mol. The van der Waals surface area contributed by atoms with E-state index in [9.17, 15) is 20.0 Å². The van der Waals surface area contributed by atoms with E-state index in [4.69, 9.17) is 0 Å². The summed E-state index contributed by atoms with van der Waals surface area (Å²) in [4.78, 5) is 22.3. The fourth-order valence-corrected chi connectivity index (χ4v) is 2.91. The topological polar surface area (TPSA) is 104 Å². The van der Waals surface area contributed by atoms with Gasteiger partial charge in [0.15, 0.2) is 0 Å². The van der Waals surface area contributed by atoms with E-state index in [1.165, 1.54) is 17.4 Å². The largest absolute Gasteiger partial charge is 0.384 e. The first-order valence-electron chi connectivity index (χ1n) is 7.39. The molecule has 0 bridgehead atoms. The number of benzene rings is 1. The fourth-order valence-electron chi connectivity index (χ4n) is 2.13. The Hall–Kier alpha value is -2.45. The third-order valence-electron chi connectivity index (χ3n) is 3.54. The Labute approximate surface area is 143 Å². The van der Waals surface area contributed by atoms with Crippen molar-refractivity contribution in [3.8, 4) is 0 Å². The van der Waals surface area contributed by atoms with Gasteiger partial charge >= 0.3 is 0 Å². The average molecular weight is 349 g/mol. The molecule has 8 heteroatoms. The second-order valence-electron chi connectivity index (χ2n) is 5.51. The second-order valence-corrected chi connectivity index (χ2v) is 6.29. The van der Waals surface area contributed by atoms with Crippen molar-refractivity contribution < 1.29 is 14.8 Å². The SMILES string of the molecule is CC(O)(CNC(=O)CCNc1ccccc1[N+](=O)[O-])c1ccsc1. The Kier molecular flexibility index (Phi) is 5.88. The smallest absolute Gasteiger partial charge is 0.292 e. The maximum Gasteiger partial charge on any atom is 0.292 e. The van der Waals surface area contributed by atoms with Gasteiger partial charge in [0.05, 0.1) is 11.5 Å². The highest BCUT2D eigenvalue weighted by Gasteiger charge is 2.24. The quantitative estimate of drug-likeness (QED) is 0.502. The van der Waals surface area contributed by atoms with Crippen molar-refractivity contribution in [2.24, 2.45) is 0 Å². The number of nitrogens with zero attached hydrogens (tertiary/aromatic N) is 1. The van der Waals surface area contributed by atoms with Crippen LogP contribution in [-0.2, 0) is 10.4 Å². The average Bonchev–Trinajstić information content (AvgIpc) is 3.09. The van der Waals surface area contributed by atoms with E-state index in [2.05, 4.69) is 10.6 Å². The van der Waals surface area contributed by atoms with Crippen LogP contribution in [0.4, 0.5) is 11.4 Å². The number of amides is 1. The Bertz CT molecular complexity index is 701. The summed E-state index contributed by atoms with van der Waals surface area (Å²) in [5.74, 6) is -0.239. The normalized spacial score (nSPS) is 13.1. The van der Waals surface area contributed by atoms with Gasteiger partial charge in [0, 0.05) is 19.0 Å². The zero-order valence-electron chi connectivity index (χ0n) is 13.2. The van der Waals surface area contributed by atoms with E-state index in [0.29, 0.717) is 5.69 Å². The van der Waals surface area contributed by atoms with E-state index < -0.39 is 10.5 Å². The van der Waals surface area contributed by atoms with Crippen molar-refractivity contribution in [3.05, 3.63) is 56.8 Å². The first kappa shape index (κ1) is 17.9. The number of nitro benzene ring substituents is 1. The maximum absolute atomic E-state index is 11.9. The van der Waals surface area contributed by atoms with E-state index in [1.807, 2.05) is 16.8 Å². The Morgan fingerprint density at radius 2 is 2.12 bits per heavy atom. The number of anilines is 1. The lowest BCUT2D eigenvalue weighted by atomic mass is 9.99. The molecule has 0 saturated carbocycles. The van der Waals surface area contributed by atoms with Crippen LogP contribution in [0.25, 0.3) is 0 Å². The van der Waals surface area contributed by atoms with Crippen LogP contribution in [0.1, 0.15) is 18.9 Å². The molecule has 1 amide bonds. The molecule has 0 saturated heterocycles. The van der Waals surface area contributed by atoms with Crippen molar-refractivity contribution in [3.63, 3.8) is 0 Å². The Morgan fingerprint density at radius 3 is 2.79 bits per heavy atom. The van der Waals surface area contributed by atoms with Gasteiger partial charge in [0.25, 0.3) is 5.69 Å². The van der Waals surface area contributed by atoms with Crippen LogP contribution in [0.15, 0.2) is 41.1 Å². The molecule has 1 heterocycles. The number of nitro groups is 1. The molecule has 1 atom stereocenters. The van der Waals surface area contributed by atoms with Gasteiger partial charge < -0.3 is 15.7 Å². The van der Waals surface area contributed by atoms with Gasteiger partial charge in [0.1, 0.15) is 11.3 Å². The molecule has 24 heavy (non-hydrogen) atoms. The molecule has 0 spiro atoms. The van der Waals surface area contributed by atoms with Crippen LogP contribution in [0.3, 0.4) is 0 Å². The van der Waals surface area contributed by atoms with Gasteiger partial charge in [-0.2, -0.15) is 11.3 Å². The number of aliphatic hydroxyl groups is 1. The third-order valence-corrected chi connectivity index (χ3v) is 4.22. The summed E-state index contributed by atoms with van der Waals surface area (Å²) in [7, 11) is 0. The van der Waals surface area contributed by atoms with E-state index in [-0.39, 0.29) is 31.1 Å². The first-order valence-corrected chi connectivity index (χ1v) is 8.33. The van der Waals surface area contributed by atoms with E-state index in [0.717, 1.165) is 5.56 Å². The van der Waals surface area contributed by atoms with Crippen molar-refractivity contribution in [2.45, 2.75) is 18.9 Å². The minimum absolute atomic E-state index is 0.0294. The number of hydrogen-bond donors (Lipinski definition) is 3. The molecule has 0 aliphatic rings. The lowest BCUT2D eigenvalue weighted by Crippen LogP contribution is -2.38. The van der Waals surface area contributed by atoms with Crippen LogP contribution >= 0.6 is 11.3 Å². The summed E-state index contributed by atoms with van der Waals surface area (Å²) in [6.07, 6.45) is 0.145. The summed E-state index contributed by atoms with van der Waals surface area (Å²) in [5.41, 5.74) is -0.0221. The molecule has 2 aromatic rings. The monoisotopic (exact) mass is 349 g/mol. The van der Waals surface area contributed by atoms with Gasteiger partial charge in [0.2, 0.25) is 5.91 Å². The molecule has 3 N–H and O–H groups in total. The van der Waals surface area contributed by atoms with Crippen molar-refractivity contribution in [2.75, 3.05) is 18.4 Å². The lowest BCUT2D eigenvalue weighted by Gasteiger charge is -2.22. The van der Waals surface area contributed by atoms with Crippen LogP contribution in [0, 0.1) is 10.1 Å². The van der Waals surface area contributed by atoms with Crippen molar-refractivity contribution >= 4 is 28.6 Å². The molecular weight excluding hydrogens is 330 g/mol. The highest BCUT2D eigenvalue weighted by atomic mass is 32.1. The first-order chi connectivity index (χ1) is 11.4. The highest BCUT2D eigenvalue weighted by molar-refractivity contribution is 7.08. The standard InChI is InChI=1S/C16H19N3O4S/c1-16(21,12-7-9-24-10-12)11-18-15(20)6-8-17-13-4-2-3-5-14(13)19(22)23/h2-5,7,9-10,17,21H,6,8,11H2,1H3,(H,18,20). The molecule has 7 nitrogen and oxygen atoms in total. The number of rotatable bonds is 8. The third kappa shape index (κ3) is 4.77. The van der Waals surface area contributed by atoms with Crippen LogP contribution in [0.2, 0.25) is 0 Å². The summed E-state index contributed by atoms with van der Waals surface area (Å²) in [5, 5.41) is 30.5. The molecule has 1 unspecified atom stereocenters. The lowest BCUT2D eigenvalue weighted by molar-refractivity contribution is -0.384.